The summed E-state index contributed by atoms with van der Waals surface area (Å²) in [5, 5.41) is 2.94. The molecule has 1 aromatic rings. The molecule has 0 heterocycles. The van der Waals surface area contributed by atoms with Gasteiger partial charge >= 0.3 is 0 Å². The fourth-order valence-electron chi connectivity index (χ4n) is 2.25. The number of carbonyl (C=O) groups is 1. The Morgan fingerprint density at radius 2 is 1.90 bits per heavy atom. The van der Waals surface area contributed by atoms with Gasteiger partial charge in [0.05, 0.1) is 0 Å². The zero-order chi connectivity index (χ0) is 14.8. The van der Waals surface area contributed by atoms with E-state index in [-0.39, 0.29) is 5.91 Å². The number of anilines is 1. The summed E-state index contributed by atoms with van der Waals surface area (Å²) in [4.78, 5) is 14.4. The van der Waals surface area contributed by atoms with E-state index < -0.39 is 0 Å². The standard InChI is InChI=1S/C16H27N3O/c1-3-10-19(11-4-2)12-6-9-18-16(20)14-7-5-8-15(17)13-14/h5,7-8,13H,3-4,6,9-12,17H2,1-2H3,(H,18,20). The van der Waals surface area contributed by atoms with Crippen LogP contribution in [0.15, 0.2) is 24.3 Å². The van der Waals surface area contributed by atoms with Gasteiger partial charge in [-0.15, -0.1) is 0 Å². The van der Waals surface area contributed by atoms with E-state index in [2.05, 4.69) is 24.1 Å². The number of nitrogen functional groups attached to an aromatic ring is 1. The third-order valence-electron chi connectivity index (χ3n) is 3.17. The topological polar surface area (TPSA) is 58.4 Å². The molecule has 4 nitrogen and oxygen atoms in total. The number of amides is 1. The fourth-order valence-corrected chi connectivity index (χ4v) is 2.25. The molecule has 0 saturated carbocycles. The molecule has 0 aliphatic heterocycles. The molecule has 0 radical (unpaired) electrons. The second-order valence-corrected chi connectivity index (χ2v) is 5.08. The van der Waals surface area contributed by atoms with Crippen molar-refractivity contribution in [1.82, 2.24) is 10.2 Å². The van der Waals surface area contributed by atoms with Crippen molar-refractivity contribution in [3.05, 3.63) is 29.8 Å². The number of nitrogens with one attached hydrogen (secondary N) is 1. The molecular formula is C16H27N3O. The Balaban J connectivity index is 2.28. The van der Waals surface area contributed by atoms with Crippen LogP contribution in [0.3, 0.4) is 0 Å². The van der Waals surface area contributed by atoms with Crippen molar-refractivity contribution in [3.8, 4) is 0 Å². The van der Waals surface area contributed by atoms with Crippen molar-refractivity contribution >= 4 is 11.6 Å². The molecule has 0 saturated heterocycles. The van der Waals surface area contributed by atoms with E-state index in [0.717, 1.165) is 26.1 Å². The van der Waals surface area contributed by atoms with Gasteiger partial charge in [0.1, 0.15) is 0 Å². The average molecular weight is 277 g/mol. The summed E-state index contributed by atoms with van der Waals surface area (Å²) >= 11 is 0. The van der Waals surface area contributed by atoms with Crippen LogP contribution in [-0.2, 0) is 0 Å². The summed E-state index contributed by atoms with van der Waals surface area (Å²) in [6.45, 7) is 8.42. The highest BCUT2D eigenvalue weighted by Crippen LogP contribution is 2.06. The Labute approximate surface area is 122 Å². The van der Waals surface area contributed by atoms with Crippen LogP contribution in [0.5, 0.6) is 0 Å². The summed E-state index contributed by atoms with van der Waals surface area (Å²) in [6.07, 6.45) is 3.33. The molecule has 0 atom stereocenters. The van der Waals surface area contributed by atoms with Crippen LogP contribution < -0.4 is 11.1 Å². The number of nitrogens with two attached hydrogens (primary N) is 1. The van der Waals surface area contributed by atoms with Crippen molar-refractivity contribution in [2.45, 2.75) is 33.1 Å². The van der Waals surface area contributed by atoms with E-state index in [1.807, 2.05) is 0 Å². The number of rotatable bonds is 9. The van der Waals surface area contributed by atoms with Gasteiger partial charge in [-0.05, 0) is 57.1 Å². The monoisotopic (exact) mass is 277 g/mol. The van der Waals surface area contributed by atoms with Gasteiger partial charge in [0.2, 0.25) is 0 Å². The van der Waals surface area contributed by atoms with Crippen LogP contribution in [0, 0.1) is 0 Å². The van der Waals surface area contributed by atoms with E-state index in [1.165, 1.54) is 12.8 Å². The van der Waals surface area contributed by atoms with Crippen molar-refractivity contribution in [2.24, 2.45) is 0 Å². The molecule has 3 N–H and O–H groups in total. The minimum absolute atomic E-state index is 0.0465. The number of carbonyl (C=O) groups excluding carboxylic acids is 1. The van der Waals surface area contributed by atoms with E-state index >= 15 is 0 Å². The van der Waals surface area contributed by atoms with Crippen molar-refractivity contribution in [1.29, 1.82) is 0 Å². The van der Waals surface area contributed by atoms with Gasteiger partial charge < -0.3 is 16.0 Å². The molecule has 20 heavy (non-hydrogen) atoms. The summed E-state index contributed by atoms with van der Waals surface area (Å²) in [6, 6.07) is 7.07. The first kappa shape index (κ1) is 16.5. The first-order valence-electron chi connectivity index (χ1n) is 7.53. The lowest BCUT2D eigenvalue weighted by atomic mass is 10.2. The maximum atomic E-state index is 11.9. The van der Waals surface area contributed by atoms with Gasteiger partial charge in [-0.2, -0.15) is 0 Å². The van der Waals surface area contributed by atoms with Gasteiger partial charge in [0.25, 0.3) is 5.91 Å². The molecule has 112 valence electrons. The minimum Gasteiger partial charge on any atom is -0.399 e. The Kier molecular flexibility index (Phi) is 7.73. The van der Waals surface area contributed by atoms with Crippen molar-refractivity contribution in [2.75, 3.05) is 31.9 Å². The SMILES string of the molecule is CCCN(CCC)CCCNC(=O)c1cccc(N)c1. The van der Waals surface area contributed by atoms with Crippen molar-refractivity contribution in [3.63, 3.8) is 0 Å². The van der Waals surface area contributed by atoms with E-state index in [0.29, 0.717) is 17.8 Å². The zero-order valence-corrected chi connectivity index (χ0v) is 12.7. The number of hydrogen-bond acceptors (Lipinski definition) is 3. The predicted molar refractivity (Wildman–Crippen MR) is 84.8 cm³/mol. The fraction of sp³-hybridized carbons (Fsp3) is 0.562. The van der Waals surface area contributed by atoms with Gasteiger partial charge in [-0.3, -0.25) is 4.79 Å². The summed E-state index contributed by atoms with van der Waals surface area (Å²) in [5.74, 6) is -0.0465. The molecule has 0 aromatic heterocycles. The van der Waals surface area contributed by atoms with Gasteiger partial charge in [-0.25, -0.2) is 0 Å². The lowest BCUT2D eigenvalue weighted by Gasteiger charge is -2.20. The first-order valence-corrected chi connectivity index (χ1v) is 7.53. The Bertz CT molecular complexity index is 400. The van der Waals surface area contributed by atoms with Gasteiger partial charge in [0, 0.05) is 17.8 Å². The second kappa shape index (κ2) is 9.37. The number of benzene rings is 1. The lowest BCUT2D eigenvalue weighted by molar-refractivity contribution is 0.0951. The van der Waals surface area contributed by atoms with Crippen LogP contribution in [-0.4, -0.2) is 37.0 Å². The average Bonchev–Trinajstić information content (AvgIpc) is 2.43. The lowest BCUT2D eigenvalue weighted by Crippen LogP contribution is -2.31. The highest BCUT2D eigenvalue weighted by Gasteiger charge is 2.06. The van der Waals surface area contributed by atoms with Crippen LogP contribution >= 0.6 is 0 Å². The molecule has 0 aliphatic rings. The molecule has 0 aliphatic carbocycles. The van der Waals surface area contributed by atoms with Crippen LogP contribution in [0.4, 0.5) is 5.69 Å². The molecule has 1 rings (SSSR count). The predicted octanol–water partition coefficient (Wildman–Crippen LogP) is 2.51. The van der Waals surface area contributed by atoms with E-state index in [4.69, 9.17) is 5.73 Å². The number of hydrogen-bond donors (Lipinski definition) is 2. The summed E-state index contributed by atoms with van der Waals surface area (Å²) < 4.78 is 0. The van der Waals surface area contributed by atoms with Crippen molar-refractivity contribution < 1.29 is 4.79 Å². The quantitative estimate of drug-likeness (QED) is 0.538. The molecule has 4 heteroatoms. The maximum Gasteiger partial charge on any atom is 0.251 e. The maximum absolute atomic E-state index is 11.9. The normalized spacial score (nSPS) is 10.8. The van der Waals surface area contributed by atoms with E-state index in [1.54, 1.807) is 24.3 Å². The van der Waals surface area contributed by atoms with E-state index in [9.17, 15) is 4.79 Å². The molecule has 0 bridgehead atoms. The Morgan fingerprint density at radius 3 is 2.50 bits per heavy atom. The molecule has 0 fully saturated rings. The third kappa shape index (κ3) is 6.06. The summed E-state index contributed by atoms with van der Waals surface area (Å²) in [7, 11) is 0. The highest BCUT2D eigenvalue weighted by molar-refractivity contribution is 5.94. The molecule has 1 amide bonds. The Hall–Kier alpha value is -1.55. The largest absolute Gasteiger partial charge is 0.399 e. The van der Waals surface area contributed by atoms with Gasteiger partial charge in [0.15, 0.2) is 0 Å². The van der Waals surface area contributed by atoms with Crippen LogP contribution in [0.2, 0.25) is 0 Å². The van der Waals surface area contributed by atoms with Crippen LogP contribution in [0.1, 0.15) is 43.5 Å². The molecule has 0 spiro atoms. The molecular weight excluding hydrogens is 250 g/mol. The summed E-state index contributed by atoms with van der Waals surface area (Å²) in [5.41, 5.74) is 6.92. The van der Waals surface area contributed by atoms with Gasteiger partial charge in [-0.1, -0.05) is 19.9 Å². The highest BCUT2D eigenvalue weighted by atomic mass is 16.1. The second-order valence-electron chi connectivity index (χ2n) is 5.08. The zero-order valence-electron chi connectivity index (χ0n) is 12.7. The number of nitrogens with zero attached hydrogens (tertiary/aromatic N) is 1. The minimum atomic E-state index is -0.0465. The third-order valence-corrected chi connectivity index (χ3v) is 3.17. The first-order chi connectivity index (χ1) is 9.67. The molecule has 0 unspecified atom stereocenters. The van der Waals surface area contributed by atoms with Crippen LogP contribution in [0.25, 0.3) is 0 Å². The smallest absolute Gasteiger partial charge is 0.251 e. The Morgan fingerprint density at radius 1 is 1.20 bits per heavy atom. The molecule has 1 aromatic carbocycles.